The fraction of sp³-hybridized carbons (Fsp3) is 0.500. The highest BCUT2D eigenvalue weighted by molar-refractivity contribution is 7.13. The zero-order valence-electron chi connectivity index (χ0n) is 19.1. The second-order valence-electron chi connectivity index (χ2n) is 8.28. The molecule has 32 heavy (non-hydrogen) atoms. The van der Waals surface area contributed by atoms with Gasteiger partial charge in [-0.3, -0.25) is 14.4 Å². The van der Waals surface area contributed by atoms with Gasteiger partial charge in [0.2, 0.25) is 11.8 Å². The van der Waals surface area contributed by atoms with Crippen molar-refractivity contribution in [1.82, 2.24) is 14.8 Å². The number of amides is 3. The predicted molar refractivity (Wildman–Crippen MR) is 127 cm³/mol. The van der Waals surface area contributed by atoms with Crippen molar-refractivity contribution in [2.45, 2.75) is 58.9 Å². The Labute approximate surface area is 193 Å². The van der Waals surface area contributed by atoms with Gasteiger partial charge in [-0.25, -0.2) is 4.98 Å². The van der Waals surface area contributed by atoms with Crippen LogP contribution in [-0.4, -0.2) is 58.2 Å². The maximum atomic E-state index is 12.9. The first-order chi connectivity index (χ1) is 15.4. The van der Waals surface area contributed by atoms with Crippen LogP contribution >= 0.6 is 11.3 Å². The molecular weight excluding hydrogens is 424 g/mol. The van der Waals surface area contributed by atoms with Crippen LogP contribution in [0.3, 0.4) is 0 Å². The molecule has 1 N–H and O–H groups in total. The summed E-state index contributed by atoms with van der Waals surface area (Å²) in [5.41, 5.74) is 2.33. The second-order valence-corrected chi connectivity index (χ2v) is 9.14. The first kappa shape index (κ1) is 23.9. The number of aromatic nitrogens is 1. The first-order valence-electron chi connectivity index (χ1n) is 11.3. The molecule has 1 aliphatic carbocycles. The molecule has 0 aliphatic heterocycles. The molecule has 0 spiro atoms. The molecule has 3 amide bonds. The molecule has 0 bridgehead atoms. The lowest BCUT2D eigenvalue weighted by Gasteiger charge is -2.21. The van der Waals surface area contributed by atoms with E-state index in [1.165, 1.54) is 11.3 Å². The number of nitrogens with one attached hydrogen (secondary N) is 1. The lowest BCUT2D eigenvalue weighted by molar-refractivity contribution is -0.130. The SMILES string of the molecule is CCCN(CCC)C(=O)Cc1csc(NC(=O)CN(C(=O)c2ccc(C)cc2)C2CC2)n1. The van der Waals surface area contributed by atoms with Gasteiger partial charge in [-0.1, -0.05) is 31.5 Å². The van der Waals surface area contributed by atoms with Crippen LogP contribution in [0.15, 0.2) is 29.6 Å². The van der Waals surface area contributed by atoms with Gasteiger partial charge in [0.15, 0.2) is 5.13 Å². The van der Waals surface area contributed by atoms with Crippen molar-refractivity contribution < 1.29 is 14.4 Å². The smallest absolute Gasteiger partial charge is 0.254 e. The van der Waals surface area contributed by atoms with Crippen LogP contribution < -0.4 is 5.32 Å². The molecule has 1 aromatic heterocycles. The summed E-state index contributed by atoms with van der Waals surface area (Å²) < 4.78 is 0. The van der Waals surface area contributed by atoms with Crippen molar-refractivity contribution in [1.29, 1.82) is 0 Å². The van der Waals surface area contributed by atoms with Crippen molar-refractivity contribution in [3.05, 3.63) is 46.5 Å². The Morgan fingerprint density at radius 2 is 1.75 bits per heavy atom. The van der Waals surface area contributed by atoms with Gasteiger partial charge in [-0.15, -0.1) is 11.3 Å². The quantitative estimate of drug-likeness (QED) is 0.556. The minimum Gasteiger partial charge on any atom is -0.342 e. The van der Waals surface area contributed by atoms with E-state index in [0.717, 1.165) is 44.3 Å². The number of nitrogens with zero attached hydrogens (tertiary/aromatic N) is 3. The minimum atomic E-state index is -0.275. The second kappa shape index (κ2) is 11.2. The maximum Gasteiger partial charge on any atom is 0.254 e. The molecule has 3 rings (SSSR count). The molecule has 1 fully saturated rings. The number of hydrogen-bond donors (Lipinski definition) is 1. The Morgan fingerprint density at radius 1 is 1.09 bits per heavy atom. The Hall–Kier alpha value is -2.74. The summed E-state index contributed by atoms with van der Waals surface area (Å²) in [5, 5.41) is 5.05. The van der Waals surface area contributed by atoms with Gasteiger partial charge < -0.3 is 15.1 Å². The van der Waals surface area contributed by atoms with E-state index in [0.29, 0.717) is 16.4 Å². The topological polar surface area (TPSA) is 82.6 Å². The molecule has 1 aliphatic rings. The van der Waals surface area contributed by atoms with Crippen LogP contribution in [0.5, 0.6) is 0 Å². The molecule has 0 unspecified atom stereocenters. The number of carbonyl (C=O) groups is 3. The van der Waals surface area contributed by atoms with E-state index in [1.807, 2.05) is 24.0 Å². The highest BCUT2D eigenvalue weighted by Crippen LogP contribution is 2.28. The van der Waals surface area contributed by atoms with Gasteiger partial charge in [0.25, 0.3) is 5.91 Å². The summed E-state index contributed by atoms with van der Waals surface area (Å²) >= 11 is 1.30. The van der Waals surface area contributed by atoms with Gasteiger partial charge in [-0.05, 0) is 44.7 Å². The predicted octanol–water partition coefficient (Wildman–Crippen LogP) is 3.89. The van der Waals surface area contributed by atoms with E-state index in [-0.39, 0.29) is 36.7 Å². The van der Waals surface area contributed by atoms with Crippen LogP contribution in [0.4, 0.5) is 5.13 Å². The molecule has 172 valence electrons. The monoisotopic (exact) mass is 456 g/mol. The van der Waals surface area contributed by atoms with Gasteiger partial charge >= 0.3 is 0 Å². The van der Waals surface area contributed by atoms with Gasteiger partial charge in [0, 0.05) is 30.1 Å². The lowest BCUT2D eigenvalue weighted by atomic mass is 10.1. The van der Waals surface area contributed by atoms with E-state index in [2.05, 4.69) is 24.1 Å². The summed E-state index contributed by atoms with van der Waals surface area (Å²) in [4.78, 5) is 46.0. The third-order valence-corrected chi connectivity index (χ3v) is 6.14. The standard InChI is InChI=1S/C24H32N4O3S/c1-4-12-27(13-5-2)22(30)14-19-16-32-24(25-19)26-21(29)15-28(20-10-11-20)23(31)18-8-6-17(3)7-9-18/h6-9,16,20H,4-5,10-15H2,1-3H3,(H,25,26,29). The Kier molecular flexibility index (Phi) is 8.39. The van der Waals surface area contributed by atoms with E-state index >= 15 is 0 Å². The van der Waals surface area contributed by atoms with Crippen LogP contribution in [0.2, 0.25) is 0 Å². The van der Waals surface area contributed by atoms with Crippen molar-refractivity contribution in [2.24, 2.45) is 0 Å². The molecule has 0 saturated heterocycles. The van der Waals surface area contributed by atoms with Crippen LogP contribution in [0.25, 0.3) is 0 Å². The lowest BCUT2D eigenvalue weighted by Crippen LogP contribution is -2.39. The van der Waals surface area contributed by atoms with E-state index in [1.54, 1.807) is 22.4 Å². The molecule has 0 atom stereocenters. The molecule has 0 radical (unpaired) electrons. The zero-order valence-corrected chi connectivity index (χ0v) is 19.9. The zero-order chi connectivity index (χ0) is 23.1. The van der Waals surface area contributed by atoms with Gasteiger partial charge in [0.1, 0.15) is 6.54 Å². The number of rotatable bonds is 11. The van der Waals surface area contributed by atoms with Gasteiger partial charge in [0.05, 0.1) is 12.1 Å². The molecule has 7 nitrogen and oxygen atoms in total. The van der Waals surface area contributed by atoms with Gasteiger partial charge in [-0.2, -0.15) is 0 Å². The van der Waals surface area contributed by atoms with E-state index < -0.39 is 0 Å². The minimum absolute atomic E-state index is 0.00794. The number of thiazole rings is 1. The third-order valence-electron chi connectivity index (χ3n) is 5.33. The normalized spacial score (nSPS) is 13.0. The van der Waals surface area contributed by atoms with Crippen molar-refractivity contribution in [3.8, 4) is 0 Å². The third kappa shape index (κ3) is 6.63. The summed E-state index contributed by atoms with van der Waals surface area (Å²) in [7, 11) is 0. The van der Waals surface area contributed by atoms with Crippen LogP contribution in [-0.2, 0) is 16.0 Å². The molecule has 1 aromatic carbocycles. The number of carbonyl (C=O) groups excluding carboxylic acids is 3. The number of benzene rings is 1. The fourth-order valence-corrected chi connectivity index (χ4v) is 4.27. The number of aryl methyl sites for hydroxylation is 1. The van der Waals surface area contributed by atoms with Crippen molar-refractivity contribution in [3.63, 3.8) is 0 Å². The summed E-state index contributed by atoms with van der Waals surface area (Å²) in [6, 6.07) is 7.52. The average Bonchev–Trinajstić information content (AvgIpc) is 3.52. The van der Waals surface area contributed by atoms with Crippen molar-refractivity contribution >= 4 is 34.2 Å². The Balaban J connectivity index is 1.57. The Bertz CT molecular complexity index is 931. The number of anilines is 1. The summed E-state index contributed by atoms with van der Waals surface area (Å²) in [6.07, 6.45) is 3.90. The largest absolute Gasteiger partial charge is 0.342 e. The molecular formula is C24H32N4O3S. The molecule has 8 heteroatoms. The molecule has 1 heterocycles. The fourth-order valence-electron chi connectivity index (χ4n) is 3.54. The van der Waals surface area contributed by atoms with Crippen molar-refractivity contribution in [2.75, 3.05) is 25.0 Å². The highest BCUT2D eigenvalue weighted by atomic mass is 32.1. The molecule has 2 aromatic rings. The van der Waals surface area contributed by atoms with Crippen LogP contribution in [0.1, 0.15) is 61.1 Å². The summed E-state index contributed by atoms with van der Waals surface area (Å²) in [6.45, 7) is 7.56. The summed E-state index contributed by atoms with van der Waals surface area (Å²) in [5.74, 6) is -0.344. The van der Waals surface area contributed by atoms with Crippen LogP contribution in [0, 0.1) is 6.92 Å². The van der Waals surface area contributed by atoms with E-state index in [9.17, 15) is 14.4 Å². The first-order valence-corrected chi connectivity index (χ1v) is 12.2. The molecule has 1 saturated carbocycles. The van der Waals surface area contributed by atoms with E-state index in [4.69, 9.17) is 0 Å². The Morgan fingerprint density at radius 3 is 2.34 bits per heavy atom. The highest BCUT2D eigenvalue weighted by Gasteiger charge is 2.34. The number of hydrogen-bond acceptors (Lipinski definition) is 5. The average molecular weight is 457 g/mol. The maximum absolute atomic E-state index is 12.9.